The lowest BCUT2D eigenvalue weighted by Crippen LogP contribution is -1.87. The maximum atomic E-state index is 3.10. The lowest BCUT2D eigenvalue weighted by molar-refractivity contribution is 1.41. The van der Waals surface area contributed by atoms with Gasteiger partial charge in [-0.3, -0.25) is 0 Å². The molecule has 0 spiro atoms. The predicted octanol–water partition coefficient (Wildman–Crippen LogP) is 0.510. The molecule has 0 aliphatic rings. The van der Waals surface area contributed by atoms with Crippen molar-refractivity contribution < 1.29 is 0 Å². The highest BCUT2D eigenvalue weighted by molar-refractivity contribution is 6.15. The Hall–Kier alpha value is -0.703. The van der Waals surface area contributed by atoms with E-state index in [-0.39, 0.29) is 0 Å². The topological polar surface area (TPSA) is 27.8 Å². The summed E-state index contributed by atoms with van der Waals surface area (Å²) >= 11 is 0. The summed E-state index contributed by atoms with van der Waals surface area (Å²) in [5.74, 6) is 0.969. The van der Waals surface area contributed by atoms with Crippen molar-refractivity contribution >= 4 is 16.2 Å². The highest BCUT2D eigenvalue weighted by atomic mass is 28.2. The molecule has 0 aromatic carbocycles. The van der Waals surface area contributed by atoms with Crippen molar-refractivity contribution in [2.75, 3.05) is 4.98 Å². The molecule has 35 valence electrons. The molecule has 2 nitrogen and oxygen atoms in total. The first-order valence-corrected chi connectivity index (χ1v) is 2.49. The molecule has 0 amide bonds. The Morgan fingerprint density at radius 1 is 1.71 bits per heavy atom. The fourth-order valence-corrected chi connectivity index (χ4v) is 0.564. The van der Waals surface area contributed by atoms with Crippen LogP contribution in [0, 0.1) is 0 Å². The van der Waals surface area contributed by atoms with Crippen molar-refractivity contribution in [2.24, 2.45) is 0 Å². The fraction of sp³-hybridized carbons (Fsp3) is 0. The second kappa shape index (κ2) is 1.84. The zero-order chi connectivity index (χ0) is 5.11. The van der Waals surface area contributed by atoms with Crippen molar-refractivity contribution in [1.29, 1.82) is 0 Å². The van der Waals surface area contributed by atoms with Crippen LogP contribution in [0.2, 0.25) is 0 Å². The number of aromatic nitrogens is 1. The molecule has 0 aliphatic carbocycles. The summed E-state index contributed by atoms with van der Waals surface area (Å²) in [6.45, 7) is 0. The first-order chi connectivity index (χ1) is 3.43. The molecule has 1 aromatic rings. The maximum absolute atomic E-state index is 3.10. The minimum Gasteiger partial charge on any atom is -0.399 e. The van der Waals surface area contributed by atoms with Crippen molar-refractivity contribution in [2.45, 2.75) is 0 Å². The van der Waals surface area contributed by atoms with Gasteiger partial charge in [0, 0.05) is 6.20 Å². The molecule has 0 atom stereocenters. The van der Waals surface area contributed by atoms with Gasteiger partial charge in [0.05, 0.1) is 5.82 Å². The van der Waals surface area contributed by atoms with Crippen LogP contribution in [0.3, 0.4) is 0 Å². The number of anilines is 1. The van der Waals surface area contributed by atoms with Crippen LogP contribution in [0.25, 0.3) is 0 Å². The smallest absolute Gasteiger partial charge is 0.187 e. The van der Waals surface area contributed by atoms with Crippen LogP contribution in [-0.2, 0) is 0 Å². The minimum atomic E-state index is 0.969. The Morgan fingerprint density at radius 3 is 2.86 bits per heavy atom. The first-order valence-electron chi connectivity index (χ1n) is 1.99. The Labute approximate surface area is 45.4 Å². The Balaban J connectivity index is 2.76. The molecule has 0 aliphatic heterocycles. The van der Waals surface area contributed by atoms with Gasteiger partial charge in [-0.05, 0) is 12.1 Å². The zero-order valence-electron chi connectivity index (χ0n) is 3.73. The van der Waals surface area contributed by atoms with Gasteiger partial charge in [0.15, 0.2) is 10.4 Å². The lowest BCUT2D eigenvalue weighted by atomic mass is 10.6. The van der Waals surface area contributed by atoms with Gasteiger partial charge in [-0.2, -0.15) is 0 Å². The van der Waals surface area contributed by atoms with Crippen LogP contribution in [-0.4, -0.2) is 15.4 Å². The number of rotatable bonds is 1. The number of aromatic amines is 1. The summed E-state index contributed by atoms with van der Waals surface area (Å²) in [7, 11) is 3.10. The van der Waals surface area contributed by atoms with Gasteiger partial charge in [-0.25, -0.2) is 0 Å². The van der Waals surface area contributed by atoms with Crippen molar-refractivity contribution in [1.82, 2.24) is 4.98 Å². The van der Waals surface area contributed by atoms with E-state index in [1.807, 2.05) is 18.3 Å². The summed E-state index contributed by atoms with van der Waals surface area (Å²) in [6.07, 6.45) is 1.85. The molecule has 1 heterocycles. The van der Waals surface area contributed by atoms with E-state index in [4.69, 9.17) is 0 Å². The number of H-pyrrole nitrogens is 1. The molecule has 3 heteroatoms. The molecular formula is C4H5N2Si. The van der Waals surface area contributed by atoms with E-state index in [9.17, 15) is 0 Å². The van der Waals surface area contributed by atoms with Crippen molar-refractivity contribution in [3.63, 3.8) is 0 Å². The molecule has 3 radical (unpaired) electrons. The maximum Gasteiger partial charge on any atom is 0.187 e. The molecule has 1 aromatic heterocycles. The van der Waals surface area contributed by atoms with E-state index >= 15 is 0 Å². The SMILES string of the molecule is [Si]Nc1ccc[nH]1. The van der Waals surface area contributed by atoms with E-state index in [1.165, 1.54) is 0 Å². The summed E-state index contributed by atoms with van der Waals surface area (Å²) in [5, 5.41) is 0. The molecule has 7 heavy (non-hydrogen) atoms. The summed E-state index contributed by atoms with van der Waals surface area (Å²) < 4.78 is 0. The quantitative estimate of drug-likeness (QED) is 0.505. The standard InChI is InChI=1S/C4H5N2Si/c7-6-4-2-1-3-5-4/h1-3,5-6H. The molecule has 0 saturated carbocycles. The van der Waals surface area contributed by atoms with Crippen LogP contribution in [0.5, 0.6) is 0 Å². The summed E-state index contributed by atoms with van der Waals surface area (Å²) in [5.41, 5.74) is 0. The van der Waals surface area contributed by atoms with Gasteiger partial charge in [0.2, 0.25) is 0 Å². The molecule has 0 bridgehead atoms. The molecule has 1 rings (SSSR count). The van der Waals surface area contributed by atoms with E-state index in [0.717, 1.165) is 5.82 Å². The largest absolute Gasteiger partial charge is 0.399 e. The number of hydrogen-bond donors (Lipinski definition) is 2. The molecule has 0 fully saturated rings. The third-order valence-corrected chi connectivity index (χ3v) is 1.00. The molecule has 2 N–H and O–H groups in total. The molecule has 0 unspecified atom stereocenters. The van der Waals surface area contributed by atoms with Gasteiger partial charge in [-0.15, -0.1) is 0 Å². The van der Waals surface area contributed by atoms with Gasteiger partial charge in [0.25, 0.3) is 0 Å². The normalized spacial score (nSPS) is 8.71. The summed E-state index contributed by atoms with van der Waals surface area (Å²) in [6, 6.07) is 3.84. The van der Waals surface area contributed by atoms with Crippen LogP contribution < -0.4 is 4.98 Å². The van der Waals surface area contributed by atoms with Gasteiger partial charge in [-0.1, -0.05) is 0 Å². The lowest BCUT2D eigenvalue weighted by Gasteiger charge is -1.87. The van der Waals surface area contributed by atoms with Gasteiger partial charge < -0.3 is 9.97 Å². The van der Waals surface area contributed by atoms with Gasteiger partial charge >= 0.3 is 0 Å². The van der Waals surface area contributed by atoms with E-state index in [2.05, 4.69) is 20.4 Å². The van der Waals surface area contributed by atoms with Crippen LogP contribution in [0.4, 0.5) is 5.82 Å². The number of hydrogen-bond acceptors (Lipinski definition) is 1. The molecular weight excluding hydrogens is 104 g/mol. The Kier molecular flexibility index (Phi) is 1.17. The van der Waals surface area contributed by atoms with Crippen LogP contribution in [0.15, 0.2) is 18.3 Å². The van der Waals surface area contributed by atoms with Crippen molar-refractivity contribution in [3.05, 3.63) is 18.3 Å². The second-order valence-corrected chi connectivity index (χ2v) is 1.46. The summed E-state index contributed by atoms with van der Waals surface area (Å²) in [4.78, 5) is 5.68. The number of nitrogens with one attached hydrogen (secondary N) is 2. The third kappa shape index (κ3) is 0.836. The predicted molar refractivity (Wildman–Crippen MR) is 30.2 cm³/mol. The average Bonchev–Trinajstić information content (AvgIpc) is 2.14. The Morgan fingerprint density at radius 2 is 2.57 bits per heavy atom. The van der Waals surface area contributed by atoms with Gasteiger partial charge in [0.1, 0.15) is 0 Å². The van der Waals surface area contributed by atoms with E-state index < -0.39 is 0 Å². The minimum absolute atomic E-state index is 0.969. The third-order valence-electron chi connectivity index (χ3n) is 0.733. The zero-order valence-corrected chi connectivity index (χ0v) is 4.73. The fourth-order valence-electron chi connectivity index (χ4n) is 0.408. The second-order valence-electron chi connectivity index (χ2n) is 1.21. The van der Waals surface area contributed by atoms with Crippen molar-refractivity contribution in [3.8, 4) is 0 Å². The van der Waals surface area contributed by atoms with E-state index in [1.54, 1.807) is 0 Å². The molecule has 0 saturated heterocycles. The monoisotopic (exact) mass is 109 g/mol. The Bertz CT molecular complexity index is 124. The van der Waals surface area contributed by atoms with Crippen LogP contribution >= 0.6 is 0 Å². The van der Waals surface area contributed by atoms with E-state index in [0.29, 0.717) is 0 Å². The first kappa shape index (κ1) is 4.46. The average molecular weight is 109 g/mol. The highest BCUT2D eigenvalue weighted by Gasteiger charge is 1.79. The van der Waals surface area contributed by atoms with Crippen LogP contribution in [0.1, 0.15) is 0 Å². The highest BCUT2D eigenvalue weighted by Crippen LogP contribution is 1.96.